The number of fused-ring (bicyclic) bond motifs is 1. The molecule has 3 rings (SSSR count). The highest BCUT2D eigenvalue weighted by Gasteiger charge is 2.22. The number of hydrogen-bond acceptors (Lipinski definition) is 4. The molecule has 0 aliphatic rings. The van der Waals surface area contributed by atoms with E-state index in [1.807, 2.05) is 37.3 Å². The van der Waals surface area contributed by atoms with Crippen LogP contribution in [-0.4, -0.2) is 32.9 Å². The number of hydrogen-bond donors (Lipinski definition) is 1. The number of benzene rings is 2. The minimum atomic E-state index is -1.18. The van der Waals surface area contributed by atoms with Gasteiger partial charge in [0, 0.05) is 18.1 Å². The van der Waals surface area contributed by atoms with Crippen LogP contribution in [0.2, 0.25) is 0 Å². The third-order valence-corrected chi connectivity index (χ3v) is 3.94. The Bertz CT molecular complexity index is 865. The molecule has 1 amide bonds. The van der Waals surface area contributed by atoms with E-state index in [0.717, 1.165) is 16.6 Å². The van der Waals surface area contributed by atoms with E-state index in [0.29, 0.717) is 11.4 Å². The quantitative estimate of drug-likeness (QED) is 0.802. The van der Waals surface area contributed by atoms with Gasteiger partial charge in [-0.05, 0) is 18.6 Å². The van der Waals surface area contributed by atoms with E-state index in [9.17, 15) is 9.90 Å². The molecule has 0 aliphatic carbocycles. The summed E-state index contributed by atoms with van der Waals surface area (Å²) in [4.78, 5) is 22.8. The molecule has 0 fully saturated rings. The molecule has 1 N–H and O–H groups in total. The number of para-hydroxylation sites is 1. The molecule has 0 saturated heterocycles. The highest BCUT2D eigenvalue weighted by molar-refractivity contribution is 5.82. The largest absolute Gasteiger partial charge is 0.378 e. The van der Waals surface area contributed by atoms with Gasteiger partial charge in [0.1, 0.15) is 5.82 Å². The summed E-state index contributed by atoms with van der Waals surface area (Å²) in [6.45, 7) is 2.17. The number of aliphatic hydroxyl groups is 1. The first kappa shape index (κ1) is 16.1. The first-order chi connectivity index (χ1) is 11.6. The van der Waals surface area contributed by atoms with Crippen molar-refractivity contribution < 1.29 is 9.90 Å². The Labute approximate surface area is 140 Å². The van der Waals surface area contributed by atoms with Crippen molar-refractivity contribution in [2.75, 3.05) is 7.05 Å². The Kier molecular flexibility index (Phi) is 4.53. The van der Waals surface area contributed by atoms with Crippen molar-refractivity contribution in [1.82, 2.24) is 14.9 Å². The first-order valence-corrected chi connectivity index (χ1v) is 7.76. The van der Waals surface area contributed by atoms with Crippen molar-refractivity contribution in [1.29, 1.82) is 0 Å². The molecule has 0 spiro atoms. The molecule has 3 aromatic rings. The van der Waals surface area contributed by atoms with E-state index in [4.69, 9.17) is 0 Å². The summed E-state index contributed by atoms with van der Waals surface area (Å²) >= 11 is 0. The molecule has 0 bridgehead atoms. The Hall–Kier alpha value is -2.79. The molecular weight excluding hydrogens is 302 g/mol. The second kappa shape index (κ2) is 6.76. The van der Waals surface area contributed by atoms with Gasteiger partial charge in [-0.2, -0.15) is 0 Å². The van der Waals surface area contributed by atoms with Crippen LogP contribution in [0.5, 0.6) is 0 Å². The summed E-state index contributed by atoms with van der Waals surface area (Å²) < 4.78 is 0. The van der Waals surface area contributed by atoms with Crippen LogP contribution >= 0.6 is 0 Å². The van der Waals surface area contributed by atoms with Gasteiger partial charge in [0.05, 0.1) is 12.1 Å². The van der Waals surface area contributed by atoms with E-state index in [1.54, 1.807) is 31.3 Å². The fourth-order valence-electron chi connectivity index (χ4n) is 2.64. The van der Waals surface area contributed by atoms with Crippen molar-refractivity contribution in [2.24, 2.45) is 0 Å². The van der Waals surface area contributed by atoms with Crippen LogP contribution in [-0.2, 0) is 11.3 Å². The number of aliphatic hydroxyl groups excluding tert-OH is 1. The summed E-state index contributed by atoms with van der Waals surface area (Å²) in [6.07, 6.45) is -1.18. The van der Waals surface area contributed by atoms with Crippen molar-refractivity contribution in [3.63, 3.8) is 0 Å². The van der Waals surface area contributed by atoms with E-state index >= 15 is 0 Å². The number of carbonyl (C=O) groups is 1. The van der Waals surface area contributed by atoms with Gasteiger partial charge in [0.15, 0.2) is 6.10 Å². The van der Waals surface area contributed by atoms with Crippen LogP contribution in [0.3, 0.4) is 0 Å². The second-order valence-electron chi connectivity index (χ2n) is 5.75. The summed E-state index contributed by atoms with van der Waals surface area (Å²) in [6, 6.07) is 16.7. The Morgan fingerprint density at radius 2 is 1.75 bits per heavy atom. The molecule has 0 saturated carbocycles. The summed E-state index contributed by atoms with van der Waals surface area (Å²) in [5, 5.41) is 11.2. The maximum Gasteiger partial charge on any atom is 0.256 e. The van der Waals surface area contributed by atoms with Crippen molar-refractivity contribution in [2.45, 2.75) is 19.6 Å². The van der Waals surface area contributed by atoms with Gasteiger partial charge >= 0.3 is 0 Å². The highest BCUT2D eigenvalue weighted by atomic mass is 16.3. The second-order valence-corrected chi connectivity index (χ2v) is 5.75. The van der Waals surface area contributed by atoms with Gasteiger partial charge in [-0.25, -0.2) is 9.97 Å². The van der Waals surface area contributed by atoms with E-state index in [2.05, 4.69) is 9.97 Å². The lowest BCUT2D eigenvalue weighted by Crippen LogP contribution is -2.32. The predicted octanol–water partition coefficient (Wildman–Crippen LogP) is 2.63. The zero-order chi connectivity index (χ0) is 17.1. The molecule has 1 unspecified atom stereocenters. The molecule has 5 nitrogen and oxygen atoms in total. The van der Waals surface area contributed by atoms with Gasteiger partial charge in [-0.3, -0.25) is 4.79 Å². The van der Waals surface area contributed by atoms with Crippen LogP contribution in [0.15, 0.2) is 54.6 Å². The summed E-state index contributed by atoms with van der Waals surface area (Å²) in [5.74, 6) is 0.179. The monoisotopic (exact) mass is 321 g/mol. The van der Waals surface area contributed by atoms with Crippen LogP contribution in [0, 0.1) is 6.92 Å². The molecule has 1 heterocycles. The number of nitrogens with zero attached hydrogens (tertiary/aromatic N) is 3. The molecule has 2 aromatic carbocycles. The summed E-state index contributed by atoms with van der Waals surface area (Å²) in [5.41, 5.74) is 2.30. The van der Waals surface area contributed by atoms with Gasteiger partial charge < -0.3 is 10.0 Å². The molecule has 24 heavy (non-hydrogen) atoms. The van der Waals surface area contributed by atoms with Gasteiger partial charge in [-0.1, -0.05) is 48.5 Å². The Morgan fingerprint density at radius 3 is 2.50 bits per heavy atom. The smallest absolute Gasteiger partial charge is 0.256 e. The predicted molar refractivity (Wildman–Crippen MR) is 92.2 cm³/mol. The molecule has 122 valence electrons. The van der Waals surface area contributed by atoms with Crippen molar-refractivity contribution in [3.05, 3.63) is 71.7 Å². The lowest BCUT2D eigenvalue weighted by atomic mass is 10.1. The van der Waals surface area contributed by atoms with E-state index < -0.39 is 6.10 Å². The number of rotatable bonds is 4. The lowest BCUT2D eigenvalue weighted by molar-refractivity contribution is -0.139. The number of carbonyl (C=O) groups excluding carboxylic acids is 1. The average Bonchev–Trinajstić information content (AvgIpc) is 2.61. The lowest BCUT2D eigenvalue weighted by Gasteiger charge is -2.20. The Balaban J connectivity index is 1.79. The number of likely N-dealkylation sites (N-methyl/N-ethyl adjacent to an activating group) is 1. The molecule has 1 atom stereocenters. The fourth-order valence-corrected chi connectivity index (χ4v) is 2.64. The van der Waals surface area contributed by atoms with Crippen LogP contribution in [0.1, 0.15) is 23.2 Å². The average molecular weight is 321 g/mol. The van der Waals surface area contributed by atoms with Crippen LogP contribution < -0.4 is 0 Å². The van der Waals surface area contributed by atoms with Gasteiger partial charge in [-0.15, -0.1) is 0 Å². The van der Waals surface area contributed by atoms with E-state index in [-0.39, 0.29) is 12.5 Å². The third kappa shape index (κ3) is 3.26. The maximum atomic E-state index is 12.4. The molecule has 0 radical (unpaired) electrons. The van der Waals surface area contributed by atoms with Crippen LogP contribution in [0.4, 0.5) is 0 Å². The normalized spacial score (nSPS) is 12.1. The molecule has 1 aromatic heterocycles. The first-order valence-electron chi connectivity index (χ1n) is 7.76. The van der Waals surface area contributed by atoms with Crippen LogP contribution in [0.25, 0.3) is 10.9 Å². The zero-order valence-corrected chi connectivity index (χ0v) is 13.7. The van der Waals surface area contributed by atoms with Crippen molar-refractivity contribution in [3.8, 4) is 0 Å². The minimum absolute atomic E-state index is 0.244. The summed E-state index contributed by atoms with van der Waals surface area (Å²) in [7, 11) is 1.64. The number of amides is 1. The highest BCUT2D eigenvalue weighted by Crippen LogP contribution is 2.18. The van der Waals surface area contributed by atoms with Gasteiger partial charge in [0.25, 0.3) is 5.91 Å². The third-order valence-electron chi connectivity index (χ3n) is 3.94. The molecule has 5 heteroatoms. The van der Waals surface area contributed by atoms with Gasteiger partial charge in [0.2, 0.25) is 0 Å². The minimum Gasteiger partial charge on any atom is -0.378 e. The Morgan fingerprint density at radius 1 is 1.08 bits per heavy atom. The number of aryl methyl sites for hydroxylation is 1. The van der Waals surface area contributed by atoms with Crippen molar-refractivity contribution >= 4 is 16.8 Å². The molecule has 0 aliphatic heterocycles. The standard InChI is InChI=1S/C19H19N3O2/c1-13-15-10-6-7-11-16(15)21-17(20-13)12-22(2)19(24)18(23)14-8-4-3-5-9-14/h3-11,18,23H,12H2,1-2H3. The zero-order valence-electron chi connectivity index (χ0n) is 13.7. The van der Waals surface area contributed by atoms with E-state index in [1.165, 1.54) is 4.90 Å². The SMILES string of the molecule is Cc1nc(CN(C)C(=O)C(O)c2ccccc2)nc2ccccc12. The fraction of sp³-hybridized carbons (Fsp3) is 0.211. The topological polar surface area (TPSA) is 66.3 Å². The maximum absolute atomic E-state index is 12.4. The molecular formula is C19H19N3O2. The number of aromatic nitrogens is 2.